The van der Waals surface area contributed by atoms with E-state index in [0.29, 0.717) is 12.3 Å². The molecule has 0 unspecified atom stereocenters. The van der Waals surface area contributed by atoms with Crippen molar-refractivity contribution in [1.82, 2.24) is 4.90 Å². The van der Waals surface area contributed by atoms with Crippen LogP contribution < -0.4 is 0 Å². The Morgan fingerprint density at radius 1 is 0.792 bits per heavy atom. The van der Waals surface area contributed by atoms with Crippen LogP contribution in [0.3, 0.4) is 0 Å². The van der Waals surface area contributed by atoms with Gasteiger partial charge >= 0.3 is 157 Å². The van der Waals surface area contributed by atoms with Crippen LogP contribution in [0.25, 0.3) is 0 Å². The van der Waals surface area contributed by atoms with E-state index in [1.165, 1.54) is 51.8 Å². The van der Waals surface area contributed by atoms with E-state index < -0.39 is 18.4 Å². The molecule has 0 saturated carbocycles. The summed E-state index contributed by atoms with van der Waals surface area (Å²) in [5.74, 6) is 0.322. The summed E-state index contributed by atoms with van der Waals surface area (Å²) in [5.41, 5.74) is 0. The molecule has 0 spiro atoms. The van der Waals surface area contributed by atoms with Crippen molar-refractivity contribution in [2.45, 2.75) is 99.3 Å². The second kappa shape index (κ2) is 14.2. The van der Waals surface area contributed by atoms with Gasteiger partial charge in [0.15, 0.2) is 0 Å². The Hall–Kier alpha value is 0.00870. The van der Waals surface area contributed by atoms with Crippen molar-refractivity contribution in [2.75, 3.05) is 13.1 Å². The van der Waals surface area contributed by atoms with Crippen molar-refractivity contribution in [3.8, 4) is 0 Å². The molecule has 0 aliphatic heterocycles. The van der Waals surface area contributed by atoms with Crippen molar-refractivity contribution in [3.63, 3.8) is 0 Å². The molecule has 0 aliphatic rings. The third kappa shape index (κ3) is 8.40. The molecule has 2 nitrogen and oxygen atoms in total. The summed E-state index contributed by atoms with van der Waals surface area (Å²) >= 11 is -2.33. The van der Waals surface area contributed by atoms with Crippen molar-refractivity contribution in [2.24, 2.45) is 0 Å². The van der Waals surface area contributed by atoms with Crippen LogP contribution in [0.4, 0.5) is 0 Å². The van der Waals surface area contributed by atoms with E-state index in [2.05, 4.69) is 41.2 Å². The van der Waals surface area contributed by atoms with Crippen LogP contribution in [0.1, 0.15) is 86.0 Å². The first kappa shape index (κ1) is 24.0. The molecule has 0 radical (unpaired) electrons. The minimum atomic E-state index is -2.33. The quantitative estimate of drug-likeness (QED) is 0.261. The van der Waals surface area contributed by atoms with Crippen molar-refractivity contribution >= 4 is 24.3 Å². The number of carbonyl (C=O) groups is 1. The van der Waals surface area contributed by atoms with Gasteiger partial charge in [-0.3, -0.25) is 0 Å². The summed E-state index contributed by atoms with van der Waals surface area (Å²) in [6.45, 7) is 17.3. The number of rotatable bonds is 15. The Labute approximate surface area is 156 Å². The zero-order valence-corrected chi connectivity index (χ0v) is 20.1. The number of carbonyl (C=O) groups excluding carboxylic acids is 1. The van der Waals surface area contributed by atoms with Crippen LogP contribution in [0.5, 0.6) is 0 Å². The van der Waals surface area contributed by atoms with Crippen molar-refractivity contribution < 1.29 is 4.79 Å². The molecule has 0 aliphatic carbocycles. The van der Waals surface area contributed by atoms with Gasteiger partial charge in [0.1, 0.15) is 0 Å². The van der Waals surface area contributed by atoms with Crippen LogP contribution in [0.15, 0.2) is 10.2 Å². The molecule has 3 heteroatoms. The van der Waals surface area contributed by atoms with Gasteiger partial charge in [0.2, 0.25) is 0 Å². The van der Waals surface area contributed by atoms with Crippen LogP contribution in [0.2, 0.25) is 13.3 Å². The predicted molar refractivity (Wildman–Crippen MR) is 111 cm³/mol. The Bertz CT molecular complexity index is 328. The van der Waals surface area contributed by atoms with Gasteiger partial charge in [0.25, 0.3) is 0 Å². The van der Waals surface area contributed by atoms with Crippen molar-refractivity contribution in [3.05, 3.63) is 10.2 Å². The number of amides is 1. The van der Waals surface area contributed by atoms with E-state index in [0.717, 1.165) is 19.5 Å². The molecule has 1 amide bonds. The second-order valence-electron chi connectivity index (χ2n) is 7.26. The fourth-order valence-corrected chi connectivity index (χ4v) is 19.6. The zero-order valence-electron chi connectivity index (χ0n) is 17.3. The number of nitrogens with zero attached hydrogens (tertiary/aromatic N) is 1. The van der Waals surface area contributed by atoms with Gasteiger partial charge in [-0.15, -0.1) is 0 Å². The van der Waals surface area contributed by atoms with Gasteiger partial charge in [-0.05, 0) is 0 Å². The Kier molecular flexibility index (Phi) is 14.2. The van der Waals surface area contributed by atoms with Gasteiger partial charge in [-0.25, -0.2) is 0 Å². The van der Waals surface area contributed by atoms with Gasteiger partial charge in [-0.2, -0.15) is 0 Å². The number of allylic oxidation sites excluding steroid dienone is 1. The summed E-state index contributed by atoms with van der Waals surface area (Å²) < 4.78 is 5.94. The molecule has 0 atom stereocenters. The predicted octanol–water partition coefficient (Wildman–Crippen LogP) is 6.58. The van der Waals surface area contributed by atoms with Gasteiger partial charge in [0, 0.05) is 0 Å². The maximum atomic E-state index is 12.4. The average molecular weight is 444 g/mol. The first-order chi connectivity index (χ1) is 11.5. The monoisotopic (exact) mass is 445 g/mol. The molecule has 0 heterocycles. The Balaban J connectivity index is 4.99. The van der Waals surface area contributed by atoms with Crippen LogP contribution in [0, 0.1) is 0 Å². The molecule has 142 valence electrons. The molecule has 0 aromatic carbocycles. The van der Waals surface area contributed by atoms with E-state index >= 15 is 0 Å². The third-order valence-corrected chi connectivity index (χ3v) is 21.8. The minimum absolute atomic E-state index is 0.322. The topological polar surface area (TPSA) is 20.3 Å². The first-order valence-corrected chi connectivity index (χ1v) is 17.9. The summed E-state index contributed by atoms with van der Waals surface area (Å²) in [6.07, 6.45) is 9.63. The molecule has 24 heavy (non-hydrogen) atoms. The third-order valence-electron chi connectivity index (χ3n) is 5.53. The van der Waals surface area contributed by atoms with Gasteiger partial charge < -0.3 is 0 Å². The van der Waals surface area contributed by atoms with E-state index in [1.54, 1.807) is 3.59 Å². The first-order valence-electron chi connectivity index (χ1n) is 10.5. The molecular weight excluding hydrogens is 401 g/mol. The van der Waals surface area contributed by atoms with Crippen molar-refractivity contribution in [1.29, 1.82) is 0 Å². The van der Waals surface area contributed by atoms with E-state index in [-0.39, 0.29) is 0 Å². The molecule has 0 aromatic heterocycles. The normalized spacial score (nSPS) is 11.5. The maximum absolute atomic E-state index is 12.4. The molecule has 0 N–H and O–H groups in total. The Morgan fingerprint density at radius 2 is 1.21 bits per heavy atom. The van der Waals surface area contributed by atoms with Crippen LogP contribution in [-0.4, -0.2) is 42.3 Å². The number of hydrogen-bond donors (Lipinski definition) is 0. The molecule has 0 bridgehead atoms. The summed E-state index contributed by atoms with van der Waals surface area (Å²) in [7, 11) is 0. The van der Waals surface area contributed by atoms with E-state index in [4.69, 9.17) is 0 Å². The number of unbranched alkanes of at least 4 members (excludes halogenated alkanes) is 3. The van der Waals surface area contributed by atoms with Gasteiger partial charge in [-0.1, -0.05) is 0 Å². The molecule has 0 saturated heterocycles. The van der Waals surface area contributed by atoms with E-state index in [1.807, 2.05) is 4.90 Å². The van der Waals surface area contributed by atoms with Crippen LogP contribution >= 0.6 is 0 Å². The fraction of sp³-hybridized carbons (Fsp3) is 0.857. The van der Waals surface area contributed by atoms with Crippen LogP contribution in [-0.2, 0) is 4.79 Å². The SMILES string of the molecule is C=[C](CCC(=O)N(CC)CC)[Sn]([CH2]CCC)([CH2]CCC)[CH2]CCC. The van der Waals surface area contributed by atoms with E-state index in [9.17, 15) is 4.79 Å². The zero-order chi connectivity index (χ0) is 18.4. The fourth-order valence-electron chi connectivity index (χ4n) is 3.71. The standard InChI is InChI=1S/C9H16NO.3C4H9.Sn/c1-4-7-8-9(11)10(5-2)6-3;3*1-3-4-2;/h1,5-8H2,2-3H3;3*1,3-4H2,2H3;. The number of hydrogen-bond acceptors (Lipinski definition) is 1. The molecule has 0 aromatic rings. The molecular formula is C21H43NOSn. The second-order valence-corrected chi connectivity index (χ2v) is 20.9. The average Bonchev–Trinajstić information content (AvgIpc) is 2.60. The Morgan fingerprint density at radius 3 is 1.54 bits per heavy atom. The summed E-state index contributed by atoms with van der Waals surface area (Å²) in [6, 6.07) is 0. The summed E-state index contributed by atoms with van der Waals surface area (Å²) in [4.78, 5) is 14.4. The molecule has 0 rings (SSSR count). The molecule has 0 fully saturated rings. The summed E-state index contributed by atoms with van der Waals surface area (Å²) in [5, 5.41) is 0. The van der Waals surface area contributed by atoms with Gasteiger partial charge in [0.05, 0.1) is 0 Å².